The van der Waals surface area contributed by atoms with E-state index in [-0.39, 0.29) is 12.0 Å². The second kappa shape index (κ2) is 5.79. The zero-order valence-corrected chi connectivity index (χ0v) is 15.8. The Bertz CT molecular complexity index is 1250. The molecule has 0 radical (unpaired) electrons. The maximum absolute atomic E-state index is 13.9. The summed E-state index contributed by atoms with van der Waals surface area (Å²) in [6.45, 7) is 2.01. The standard InChI is InChI=1S/C25H21FN2/c1-27-23-8-4-7-20-21-14-19(26)10-9-17(21)13-22(24(20)23)25(27)28-12-11-16-5-2-3-6-18(16)15-28/h2-10,13-14,25H,11-12,15H2,1H3. The van der Waals surface area contributed by atoms with Crippen molar-refractivity contribution in [1.82, 2.24) is 4.90 Å². The molecule has 2 aliphatic rings. The molecule has 0 aromatic heterocycles. The third-order valence-corrected chi connectivity index (χ3v) is 6.48. The SMILES string of the molecule is CN1c2cccc3c2c(cc2ccc(F)cc23)C1N1CCc2ccccc2C1. The summed E-state index contributed by atoms with van der Waals surface area (Å²) in [6, 6.07) is 22.6. The molecule has 6 rings (SSSR count). The van der Waals surface area contributed by atoms with Gasteiger partial charge in [-0.05, 0) is 63.5 Å². The Hall–Kier alpha value is -2.91. The zero-order valence-electron chi connectivity index (χ0n) is 15.8. The van der Waals surface area contributed by atoms with Crippen molar-refractivity contribution in [2.75, 3.05) is 18.5 Å². The summed E-state index contributed by atoms with van der Waals surface area (Å²) in [4.78, 5) is 4.97. The van der Waals surface area contributed by atoms with Crippen LogP contribution in [0.3, 0.4) is 0 Å². The first-order valence-electron chi connectivity index (χ1n) is 9.89. The van der Waals surface area contributed by atoms with Crippen molar-refractivity contribution in [2.24, 2.45) is 0 Å². The predicted molar refractivity (Wildman–Crippen MR) is 113 cm³/mol. The second-order valence-corrected chi connectivity index (χ2v) is 8.00. The van der Waals surface area contributed by atoms with Gasteiger partial charge in [-0.15, -0.1) is 0 Å². The van der Waals surface area contributed by atoms with Crippen molar-refractivity contribution in [1.29, 1.82) is 0 Å². The number of fused-ring (bicyclic) bond motifs is 3. The predicted octanol–water partition coefficient (Wildman–Crippen LogP) is 5.64. The molecule has 4 aromatic rings. The van der Waals surface area contributed by atoms with Crippen LogP contribution in [0.2, 0.25) is 0 Å². The number of benzene rings is 4. The van der Waals surface area contributed by atoms with Crippen molar-refractivity contribution < 1.29 is 4.39 Å². The average Bonchev–Trinajstić information content (AvgIpc) is 3.01. The Morgan fingerprint density at radius 3 is 2.64 bits per heavy atom. The van der Waals surface area contributed by atoms with Crippen molar-refractivity contribution in [2.45, 2.75) is 19.1 Å². The average molecular weight is 368 g/mol. The number of halogens is 1. The minimum Gasteiger partial charge on any atom is -0.354 e. The third-order valence-electron chi connectivity index (χ3n) is 6.48. The van der Waals surface area contributed by atoms with Crippen LogP contribution in [-0.2, 0) is 13.0 Å². The van der Waals surface area contributed by atoms with Gasteiger partial charge in [0.1, 0.15) is 12.0 Å². The Balaban J connectivity index is 1.55. The lowest BCUT2D eigenvalue weighted by Crippen LogP contribution is -2.40. The van der Waals surface area contributed by atoms with Crippen molar-refractivity contribution >= 4 is 27.2 Å². The van der Waals surface area contributed by atoms with Crippen LogP contribution in [0.5, 0.6) is 0 Å². The Kier molecular flexibility index (Phi) is 3.33. The lowest BCUT2D eigenvalue weighted by molar-refractivity contribution is 0.182. The highest BCUT2D eigenvalue weighted by Crippen LogP contribution is 2.48. The summed E-state index contributed by atoms with van der Waals surface area (Å²) in [5, 5.41) is 4.53. The smallest absolute Gasteiger partial charge is 0.123 e. The van der Waals surface area contributed by atoms with Crippen LogP contribution >= 0.6 is 0 Å². The fraction of sp³-hybridized carbons (Fsp3) is 0.200. The van der Waals surface area contributed by atoms with Crippen LogP contribution in [0, 0.1) is 5.82 Å². The number of rotatable bonds is 1. The molecule has 1 atom stereocenters. The Morgan fingerprint density at radius 1 is 0.893 bits per heavy atom. The van der Waals surface area contributed by atoms with Crippen LogP contribution in [-0.4, -0.2) is 18.5 Å². The highest BCUT2D eigenvalue weighted by Gasteiger charge is 2.35. The maximum atomic E-state index is 13.9. The quantitative estimate of drug-likeness (QED) is 0.401. The van der Waals surface area contributed by atoms with E-state index in [1.165, 1.54) is 27.8 Å². The van der Waals surface area contributed by atoms with Crippen LogP contribution in [0.4, 0.5) is 10.1 Å². The lowest BCUT2D eigenvalue weighted by Gasteiger charge is -2.38. The highest BCUT2D eigenvalue weighted by atomic mass is 19.1. The van der Waals surface area contributed by atoms with Gasteiger partial charge < -0.3 is 4.90 Å². The Labute approximate surface area is 163 Å². The summed E-state index contributed by atoms with van der Waals surface area (Å²) >= 11 is 0. The topological polar surface area (TPSA) is 6.48 Å². The van der Waals surface area contributed by atoms with E-state index in [0.717, 1.165) is 35.7 Å². The van der Waals surface area contributed by atoms with Crippen LogP contribution in [0.1, 0.15) is 22.9 Å². The molecule has 0 saturated carbocycles. The largest absolute Gasteiger partial charge is 0.354 e. The van der Waals surface area contributed by atoms with E-state index in [2.05, 4.69) is 65.4 Å². The van der Waals surface area contributed by atoms with Gasteiger partial charge in [0.15, 0.2) is 0 Å². The van der Waals surface area contributed by atoms with E-state index in [9.17, 15) is 4.39 Å². The van der Waals surface area contributed by atoms with Crippen LogP contribution in [0.25, 0.3) is 21.5 Å². The van der Waals surface area contributed by atoms with Crippen LogP contribution < -0.4 is 4.90 Å². The van der Waals surface area contributed by atoms with E-state index < -0.39 is 0 Å². The van der Waals surface area contributed by atoms with Crippen LogP contribution in [0.15, 0.2) is 66.7 Å². The molecule has 0 amide bonds. The molecule has 2 aliphatic heterocycles. The second-order valence-electron chi connectivity index (χ2n) is 8.00. The highest BCUT2D eigenvalue weighted by molar-refractivity contribution is 6.14. The van der Waals surface area contributed by atoms with E-state index >= 15 is 0 Å². The minimum atomic E-state index is -0.177. The third kappa shape index (κ3) is 2.17. The van der Waals surface area contributed by atoms with Gasteiger partial charge in [-0.1, -0.05) is 42.5 Å². The first kappa shape index (κ1) is 16.1. The molecule has 0 aliphatic carbocycles. The molecule has 2 nitrogen and oxygen atoms in total. The molecule has 4 aromatic carbocycles. The molecule has 0 saturated heterocycles. The minimum absolute atomic E-state index is 0.177. The monoisotopic (exact) mass is 368 g/mol. The molecule has 138 valence electrons. The van der Waals surface area contributed by atoms with Gasteiger partial charge in [0, 0.05) is 31.2 Å². The van der Waals surface area contributed by atoms with Gasteiger partial charge in [-0.2, -0.15) is 0 Å². The summed E-state index contributed by atoms with van der Waals surface area (Å²) in [5.41, 5.74) is 5.47. The first-order chi connectivity index (χ1) is 13.7. The fourth-order valence-electron chi connectivity index (χ4n) is 5.20. The number of anilines is 1. The number of hydrogen-bond acceptors (Lipinski definition) is 2. The molecule has 28 heavy (non-hydrogen) atoms. The van der Waals surface area contributed by atoms with Gasteiger partial charge in [0.2, 0.25) is 0 Å². The lowest BCUT2D eigenvalue weighted by atomic mass is 9.95. The molecule has 1 unspecified atom stereocenters. The van der Waals surface area contributed by atoms with Gasteiger partial charge in [0.05, 0.1) is 0 Å². The van der Waals surface area contributed by atoms with E-state index in [4.69, 9.17) is 0 Å². The maximum Gasteiger partial charge on any atom is 0.123 e. The van der Waals surface area contributed by atoms with E-state index in [1.54, 1.807) is 12.1 Å². The normalized spacial score (nSPS) is 18.8. The first-order valence-corrected chi connectivity index (χ1v) is 9.89. The van der Waals surface area contributed by atoms with Gasteiger partial charge in [0.25, 0.3) is 0 Å². The van der Waals surface area contributed by atoms with E-state index in [0.29, 0.717) is 0 Å². The molecule has 2 heterocycles. The zero-order chi connectivity index (χ0) is 18.8. The van der Waals surface area contributed by atoms with Gasteiger partial charge in [-0.3, -0.25) is 4.90 Å². The molecule has 0 spiro atoms. The molecule has 0 fully saturated rings. The Morgan fingerprint density at radius 2 is 1.75 bits per heavy atom. The summed E-state index contributed by atoms with van der Waals surface area (Å²) in [6.07, 6.45) is 1.29. The van der Waals surface area contributed by atoms with Crippen molar-refractivity contribution in [3.05, 3.63) is 89.2 Å². The van der Waals surface area contributed by atoms with Gasteiger partial charge in [-0.25, -0.2) is 4.39 Å². The van der Waals surface area contributed by atoms with Crippen molar-refractivity contribution in [3.63, 3.8) is 0 Å². The fourth-order valence-corrected chi connectivity index (χ4v) is 5.20. The summed E-state index contributed by atoms with van der Waals surface area (Å²) < 4.78 is 13.9. The number of hydrogen-bond donors (Lipinski definition) is 0. The molecular weight excluding hydrogens is 347 g/mol. The summed E-state index contributed by atoms with van der Waals surface area (Å²) in [7, 11) is 2.19. The molecule has 0 N–H and O–H groups in total. The molecular formula is C25H21FN2. The van der Waals surface area contributed by atoms with Gasteiger partial charge >= 0.3 is 0 Å². The molecule has 3 heteroatoms. The van der Waals surface area contributed by atoms with Crippen molar-refractivity contribution in [3.8, 4) is 0 Å². The number of nitrogens with zero attached hydrogens (tertiary/aromatic N) is 2. The molecule has 0 bridgehead atoms. The van der Waals surface area contributed by atoms with E-state index in [1.807, 2.05) is 6.07 Å². The summed E-state index contributed by atoms with van der Waals surface area (Å²) in [5.74, 6) is -0.177.